The maximum absolute atomic E-state index is 11.9. The van der Waals surface area contributed by atoms with Crippen LogP contribution in [0.25, 0.3) is 0 Å². The first-order valence-electron chi connectivity index (χ1n) is 7.08. The summed E-state index contributed by atoms with van der Waals surface area (Å²) in [6.07, 6.45) is 1.72. The number of aryl methyl sites for hydroxylation is 2. The van der Waals surface area contributed by atoms with Gasteiger partial charge in [0.1, 0.15) is 0 Å². The van der Waals surface area contributed by atoms with E-state index in [0.29, 0.717) is 5.92 Å². The fourth-order valence-electron chi connectivity index (χ4n) is 2.27. The molecule has 108 valence electrons. The Hall–Kier alpha value is -1.84. The van der Waals surface area contributed by atoms with Crippen LogP contribution in [0, 0.1) is 18.8 Å². The van der Waals surface area contributed by atoms with Crippen molar-refractivity contribution in [3.05, 3.63) is 29.3 Å². The Morgan fingerprint density at radius 1 is 1.40 bits per heavy atom. The zero-order valence-corrected chi connectivity index (χ0v) is 12.2. The van der Waals surface area contributed by atoms with E-state index in [2.05, 4.69) is 5.32 Å². The molecule has 1 aliphatic rings. The van der Waals surface area contributed by atoms with E-state index in [1.807, 2.05) is 39.0 Å². The van der Waals surface area contributed by atoms with E-state index in [4.69, 9.17) is 4.74 Å². The van der Waals surface area contributed by atoms with Crippen LogP contribution in [0.1, 0.15) is 31.4 Å². The number of esters is 1. The predicted molar refractivity (Wildman–Crippen MR) is 77.4 cm³/mol. The number of carbonyl (C=O) groups excluding carboxylic acids is 2. The molecule has 0 heterocycles. The van der Waals surface area contributed by atoms with E-state index in [1.54, 1.807) is 0 Å². The highest BCUT2D eigenvalue weighted by Crippen LogP contribution is 2.38. The van der Waals surface area contributed by atoms with E-state index in [1.165, 1.54) is 0 Å². The lowest BCUT2D eigenvalue weighted by molar-refractivity contribution is -0.148. The highest BCUT2D eigenvalue weighted by molar-refractivity contribution is 5.94. The molecular formula is C16H21NO3. The molecule has 4 heteroatoms. The van der Waals surface area contributed by atoms with Gasteiger partial charge in [0.25, 0.3) is 5.91 Å². The Labute approximate surface area is 119 Å². The molecule has 1 aromatic rings. The molecule has 0 saturated heterocycles. The molecule has 0 radical (unpaired) electrons. The van der Waals surface area contributed by atoms with Crippen molar-refractivity contribution in [1.29, 1.82) is 0 Å². The maximum Gasteiger partial charge on any atom is 0.309 e. The number of amides is 1. The third kappa shape index (κ3) is 3.38. The van der Waals surface area contributed by atoms with Crippen molar-refractivity contribution in [1.82, 2.24) is 0 Å². The van der Waals surface area contributed by atoms with Gasteiger partial charge >= 0.3 is 5.97 Å². The lowest BCUT2D eigenvalue weighted by Gasteiger charge is -2.13. The minimum atomic E-state index is -0.282. The molecule has 0 bridgehead atoms. The van der Waals surface area contributed by atoms with Crippen molar-refractivity contribution in [2.75, 3.05) is 11.9 Å². The first-order chi connectivity index (χ1) is 9.52. The molecule has 2 rings (SSSR count). The smallest absolute Gasteiger partial charge is 0.309 e. The third-order valence-electron chi connectivity index (χ3n) is 3.76. The standard InChI is InChI=1S/C16H21NO3/c1-4-12-7-5-6-10(2)15(12)17-14(18)9-20-16(19)13-8-11(13)3/h5-7,11,13H,4,8-9H2,1-3H3,(H,17,18)/t11-,13+/m1/s1. The highest BCUT2D eigenvalue weighted by Gasteiger charge is 2.40. The van der Waals surface area contributed by atoms with Gasteiger partial charge in [0, 0.05) is 5.69 Å². The molecule has 4 nitrogen and oxygen atoms in total. The number of anilines is 1. The third-order valence-corrected chi connectivity index (χ3v) is 3.76. The number of para-hydroxylation sites is 1. The van der Waals surface area contributed by atoms with E-state index in [9.17, 15) is 9.59 Å². The van der Waals surface area contributed by atoms with Gasteiger partial charge in [-0.25, -0.2) is 0 Å². The van der Waals surface area contributed by atoms with Crippen LogP contribution >= 0.6 is 0 Å². The van der Waals surface area contributed by atoms with Gasteiger partial charge in [-0.3, -0.25) is 9.59 Å². The molecule has 1 N–H and O–H groups in total. The lowest BCUT2D eigenvalue weighted by Crippen LogP contribution is -2.22. The van der Waals surface area contributed by atoms with Gasteiger partial charge in [0.2, 0.25) is 0 Å². The minimum Gasteiger partial charge on any atom is -0.455 e. The van der Waals surface area contributed by atoms with Gasteiger partial charge in [-0.1, -0.05) is 32.0 Å². The van der Waals surface area contributed by atoms with Crippen LogP contribution in [0.5, 0.6) is 0 Å². The molecule has 1 amide bonds. The zero-order valence-electron chi connectivity index (χ0n) is 12.2. The minimum absolute atomic E-state index is 0.00698. The van der Waals surface area contributed by atoms with E-state index >= 15 is 0 Å². The van der Waals surface area contributed by atoms with E-state index in [-0.39, 0.29) is 24.4 Å². The Morgan fingerprint density at radius 3 is 2.70 bits per heavy atom. The zero-order chi connectivity index (χ0) is 14.7. The summed E-state index contributed by atoms with van der Waals surface area (Å²) in [6.45, 7) is 5.79. The van der Waals surface area contributed by atoms with Crippen molar-refractivity contribution >= 4 is 17.6 Å². The second-order valence-corrected chi connectivity index (χ2v) is 5.44. The second-order valence-electron chi connectivity index (χ2n) is 5.44. The van der Waals surface area contributed by atoms with E-state index < -0.39 is 0 Å². The summed E-state index contributed by atoms with van der Waals surface area (Å²) in [6, 6.07) is 5.91. The Balaban J connectivity index is 1.90. The van der Waals surface area contributed by atoms with Crippen molar-refractivity contribution in [3.63, 3.8) is 0 Å². The molecule has 0 aromatic heterocycles. The molecule has 1 aliphatic carbocycles. The number of nitrogens with one attached hydrogen (secondary N) is 1. The van der Waals surface area contributed by atoms with Gasteiger partial charge in [0.05, 0.1) is 5.92 Å². The van der Waals surface area contributed by atoms with Crippen LogP contribution in [-0.4, -0.2) is 18.5 Å². The molecule has 2 atom stereocenters. The van der Waals surface area contributed by atoms with Gasteiger partial charge in [-0.2, -0.15) is 0 Å². The largest absolute Gasteiger partial charge is 0.455 e. The van der Waals surface area contributed by atoms with Gasteiger partial charge < -0.3 is 10.1 Å². The summed E-state index contributed by atoms with van der Waals surface area (Å²) in [4.78, 5) is 23.4. The highest BCUT2D eigenvalue weighted by atomic mass is 16.5. The summed E-state index contributed by atoms with van der Waals surface area (Å²) in [5, 5.41) is 2.84. The van der Waals surface area contributed by atoms with Gasteiger partial charge in [0.15, 0.2) is 6.61 Å². The second kappa shape index (κ2) is 6.07. The van der Waals surface area contributed by atoms with Crippen LogP contribution < -0.4 is 5.32 Å². The Bertz CT molecular complexity index is 524. The summed E-state index contributed by atoms with van der Waals surface area (Å²) < 4.78 is 5.03. The molecule has 20 heavy (non-hydrogen) atoms. The molecule has 0 spiro atoms. The van der Waals surface area contributed by atoms with Crippen molar-refractivity contribution < 1.29 is 14.3 Å². The summed E-state index contributed by atoms with van der Waals surface area (Å²) in [5.74, 6) is -0.148. The molecule has 0 unspecified atom stereocenters. The number of carbonyl (C=O) groups is 2. The van der Waals surface area contributed by atoms with Crippen molar-refractivity contribution in [3.8, 4) is 0 Å². The summed E-state index contributed by atoms with van der Waals surface area (Å²) >= 11 is 0. The molecular weight excluding hydrogens is 254 g/mol. The topological polar surface area (TPSA) is 55.4 Å². The number of hydrogen-bond donors (Lipinski definition) is 1. The average molecular weight is 275 g/mol. The SMILES string of the molecule is CCc1cccc(C)c1NC(=O)COC(=O)[C@H]1C[C@H]1C. The Kier molecular flexibility index (Phi) is 4.42. The predicted octanol–water partition coefficient (Wildman–Crippen LogP) is 2.70. The number of ether oxygens (including phenoxy) is 1. The summed E-state index contributed by atoms with van der Waals surface area (Å²) in [7, 11) is 0. The van der Waals surface area contributed by atoms with Crippen LogP contribution in [0.2, 0.25) is 0 Å². The molecule has 1 fully saturated rings. The molecule has 1 saturated carbocycles. The Morgan fingerprint density at radius 2 is 2.10 bits per heavy atom. The molecule has 1 aromatic carbocycles. The monoisotopic (exact) mass is 275 g/mol. The van der Waals surface area contributed by atoms with Crippen LogP contribution in [0.15, 0.2) is 18.2 Å². The number of hydrogen-bond acceptors (Lipinski definition) is 3. The number of rotatable bonds is 5. The average Bonchev–Trinajstić information content (AvgIpc) is 3.15. The van der Waals surface area contributed by atoms with Crippen LogP contribution in [0.4, 0.5) is 5.69 Å². The fourth-order valence-corrected chi connectivity index (χ4v) is 2.27. The van der Waals surface area contributed by atoms with Crippen molar-refractivity contribution in [2.24, 2.45) is 11.8 Å². The lowest BCUT2D eigenvalue weighted by atomic mass is 10.1. The van der Waals surface area contributed by atoms with Gasteiger partial charge in [-0.15, -0.1) is 0 Å². The molecule has 0 aliphatic heterocycles. The fraction of sp³-hybridized carbons (Fsp3) is 0.500. The van der Waals surface area contributed by atoms with Gasteiger partial charge in [-0.05, 0) is 36.8 Å². The summed E-state index contributed by atoms with van der Waals surface area (Å²) in [5.41, 5.74) is 2.93. The van der Waals surface area contributed by atoms with Crippen molar-refractivity contribution in [2.45, 2.75) is 33.6 Å². The first kappa shape index (κ1) is 14.6. The van der Waals surface area contributed by atoms with E-state index in [0.717, 1.165) is 29.7 Å². The first-order valence-corrected chi connectivity index (χ1v) is 7.08. The number of benzene rings is 1. The maximum atomic E-state index is 11.9. The normalized spacial score (nSPS) is 20.4. The quantitative estimate of drug-likeness (QED) is 0.841. The van der Waals surface area contributed by atoms with Crippen LogP contribution in [0.3, 0.4) is 0 Å². The van der Waals surface area contributed by atoms with Crippen LogP contribution in [-0.2, 0) is 20.7 Å².